The smallest absolute Gasteiger partial charge is 0.136 e. The van der Waals surface area contributed by atoms with Gasteiger partial charge in [-0.1, -0.05) is 121 Å². The van der Waals surface area contributed by atoms with Crippen LogP contribution in [-0.2, 0) is 0 Å². The molecule has 0 saturated heterocycles. The van der Waals surface area contributed by atoms with Gasteiger partial charge < -0.3 is 14.2 Å². The molecule has 11 rings (SSSR count). The van der Waals surface area contributed by atoms with Gasteiger partial charge in [0.1, 0.15) is 11.2 Å². The Balaban J connectivity index is 0.983. The Bertz CT molecular complexity index is 3170. The molecular formula is C54H36N2OS. The summed E-state index contributed by atoms with van der Waals surface area (Å²) in [5.74, 6) is 0. The van der Waals surface area contributed by atoms with E-state index in [2.05, 4.69) is 222 Å². The van der Waals surface area contributed by atoms with E-state index < -0.39 is 0 Å². The minimum atomic E-state index is 0.895. The molecule has 0 amide bonds. The molecule has 0 spiro atoms. The fraction of sp³-hybridized carbons (Fsp3) is 0. The van der Waals surface area contributed by atoms with E-state index in [0.29, 0.717) is 0 Å². The van der Waals surface area contributed by atoms with Crippen LogP contribution in [-0.4, -0.2) is 0 Å². The Labute approximate surface area is 340 Å². The third kappa shape index (κ3) is 5.99. The number of nitrogens with zero attached hydrogens (tertiary/aromatic N) is 2. The van der Waals surface area contributed by atoms with Gasteiger partial charge in [0.25, 0.3) is 0 Å². The van der Waals surface area contributed by atoms with Crippen LogP contribution in [0.2, 0.25) is 0 Å². The highest BCUT2D eigenvalue weighted by molar-refractivity contribution is 7.26. The lowest BCUT2D eigenvalue weighted by molar-refractivity contribution is 0.669. The SMILES string of the molecule is c1ccc(-c2ccc3c(c2)oc2ccc(-c4ccc(N(c5ccccc5)c5cccc6sc7cc(N(c8ccccc8)c8ccccc8)ccc7c56)cc4)cc23)cc1. The monoisotopic (exact) mass is 760 g/mol. The lowest BCUT2D eigenvalue weighted by Crippen LogP contribution is -2.10. The number of benzene rings is 9. The third-order valence-corrected chi connectivity index (χ3v) is 12.2. The molecule has 0 atom stereocenters. The Kier molecular flexibility index (Phi) is 8.34. The molecule has 0 N–H and O–H groups in total. The fourth-order valence-corrected chi connectivity index (χ4v) is 9.46. The molecule has 4 heteroatoms. The van der Waals surface area contributed by atoms with E-state index in [1.165, 1.54) is 25.7 Å². The van der Waals surface area contributed by atoms with Crippen molar-refractivity contribution < 1.29 is 4.42 Å². The Morgan fingerprint density at radius 3 is 1.53 bits per heavy atom. The van der Waals surface area contributed by atoms with Crippen molar-refractivity contribution >= 4 is 87.6 Å². The molecule has 3 nitrogen and oxygen atoms in total. The molecule has 2 aromatic heterocycles. The van der Waals surface area contributed by atoms with Crippen molar-refractivity contribution in [3.63, 3.8) is 0 Å². The van der Waals surface area contributed by atoms with Crippen LogP contribution in [0.4, 0.5) is 34.1 Å². The molecule has 9 aromatic carbocycles. The minimum Gasteiger partial charge on any atom is -0.456 e. The van der Waals surface area contributed by atoms with Gasteiger partial charge in [-0.3, -0.25) is 0 Å². The molecule has 11 aromatic rings. The summed E-state index contributed by atoms with van der Waals surface area (Å²) in [4.78, 5) is 4.72. The van der Waals surface area contributed by atoms with Crippen LogP contribution >= 0.6 is 11.3 Å². The summed E-state index contributed by atoms with van der Waals surface area (Å²) in [6.07, 6.45) is 0. The maximum Gasteiger partial charge on any atom is 0.136 e. The molecule has 0 saturated carbocycles. The molecule has 2 heterocycles. The van der Waals surface area contributed by atoms with Crippen molar-refractivity contribution in [2.45, 2.75) is 0 Å². The first-order valence-electron chi connectivity index (χ1n) is 19.6. The average Bonchev–Trinajstić information content (AvgIpc) is 3.86. The zero-order valence-corrected chi connectivity index (χ0v) is 32.3. The van der Waals surface area contributed by atoms with Crippen molar-refractivity contribution in [3.8, 4) is 22.3 Å². The number of thiophene rings is 1. The lowest BCUT2D eigenvalue weighted by atomic mass is 10.0. The number of hydrogen-bond acceptors (Lipinski definition) is 4. The van der Waals surface area contributed by atoms with Crippen LogP contribution in [0, 0.1) is 0 Å². The van der Waals surface area contributed by atoms with E-state index in [9.17, 15) is 0 Å². The largest absolute Gasteiger partial charge is 0.456 e. The van der Waals surface area contributed by atoms with E-state index in [1.54, 1.807) is 0 Å². The van der Waals surface area contributed by atoms with Gasteiger partial charge in [0.05, 0.1) is 5.69 Å². The van der Waals surface area contributed by atoms with Crippen molar-refractivity contribution in [3.05, 3.63) is 218 Å². The zero-order chi connectivity index (χ0) is 38.4. The maximum absolute atomic E-state index is 6.36. The highest BCUT2D eigenvalue weighted by atomic mass is 32.1. The maximum atomic E-state index is 6.36. The highest BCUT2D eigenvalue weighted by Crippen LogP contribution is 2.47. The molecule has 0 aliphatic rings. The Morgan fingerprint density at radius 2 is 0.845 bits per heavy atom. The summed E-state index contributed by atoms with van der Waals surface area (Å²) in [7, 11) is 0. The summed E-state index contributed by atoms with van der Waals surface area (Å²) < 4.78 is 8.87. The van der Waals surface area contributed by atoms with E-state index >= 15 is 0 Å². The van der Waals surface area contributed by atoms with E-state index in [1.807, 2.05) is 17.4 Å². The number of furan rings is 1. The van der Waals surface area contributed by atoms with Crippen molar-refractivity contribution in [2.75, 3.05) is 9.80 Å². The van der Waals surface area contributed by atoms with Crippen LogP contribution in [0.15, 0.2) is 223 Å². The van der Waals surface area contributed by atoms with Gasteiger partial charge in [-0.25, -0.2) is 0 Å². The average molecular weight is 761 g/mol. The van der Waals surface area contributed by atoms with E-state index in [0.717, 1.165) is 72.8 Å². The molecule has 0 aliphatic heterocycles. The van der Waals surface area contributed by atoms with Gasteiger partial charge in [0.2, 0.25) is 0 Å². The summed E-state index contributed by atoms with van der Waals surface area (Å²) >= 11 is 1.85. The second-order valence-electron chi connectivity index (χ2n) is 14.5. The van der Waals surface area contributed by atoms with E-state index in [4.69, 9.17) is 4.42 Å². The molecule has 0 radical (unpaired) electrons. The van der Waals surface area contributed by atoms with Gasteiger partial charge in [-0.15, -0.1) is 11.3 Å². The van der Waals surface area contributed by atoms with Crippen LogP contribution in [0.1, 0.15) is 0 Å². The summed E-state index contributed by atoms with van der Waals surface area (Å²) in [5.41, 5.74) is 13.2. The normalized spacial score (nSPS) is 11.4. The predicted octanol–water partition coefficient (Wildman–Crippen LogP) is 16.2. The Morgan fingerprint density at radius 1 is 0.310 bits per heavy atom. The second-order valence-corrected chi connectivity index (χ2v) is 15.6. The molecule has 0 unspecified atom stereocenters. The standard InChI is InChI=1S/C54H36N2OS/c1-5-14-37(15-6-1)40-26-31-46-48-34-39(27-33-50(48)57-51(46)35-40)38-24-28-44(29-25-38)56(43-20-11-4-12-21-43)49-22-13-23-52-54(49)47-32-30-45(36-53(47)58-52)55(41-16-7-2-8-17-41)42-18-9-3-10-19-42/h1-36H. The first-order chi connectivity index (χ1) is 28.7. The topological polar surface area (TPSA) is 19.6 Å². The predicted molar refractivity (Wildman–Crippen MR) is 247 cm³/mol. The first-order valence-corrected chi connectivity index (χ1v) is 20.4. The third-order valence-electron chi connectivity index (χ3n) is 11.0. The Hall–Kier alpha value is -7.40. The zero-order valence-electron chi connectivity index (χ0n) is 31.5. The summed E-state index contributed by atoms with van der Waals surface area (Å²) in [5, 5.41) is 4.74. The van der Waals surface area contributed by atoms with Crippen molar-refractivity contribution in [2.24, 2.45) is 0 Å². The van der Waals surface area contributed by atoms with Crippen LogP contribution in [0.3, 0.4) is 0 Å². The molecule has 0 aliphatic carbocycles. The first kappa shape index (κ1) is 33.9. The van der Waals surface area contributed by atoms with Crippen LogP contribution in [0.25, 0.3) is 64.4 Å². The van der Waals surface area contributed by atoms with E-state index in [-0.39, 0.29) is 0 Å². The van der Waals surface area contributed by atoms with Crippen molar-refractivity contribution in [1.29, 1.82) is 0 Å². The van der Waals surface area contributed by atoms with Gasteiger partial charge in [-0.2, -0.15) is 0 Å². The van der Waals surface area contributed by atoms with Gasteiger partial charge in [-0.05, 0) is 119 Å². The summed E-state index contributed by atoms with van der Waals surface area (Å²) in [6.45, 7) is 0. The molecule has 274 valence electrons. The molecule has 58 heavy (non-hydrogen) atoms. The quantitative estimate of drug-likeness (QED) is 0.154. The van der Waals surface area contributed by atoms with Gasteiger partial charge >= 0.3 is 0 Å². The number of para-hydroxylation sites is 3. The number of rotatable bonds is 8. The summed E-state index contributed by atoms with van der Waals surface area (Å²) in [6, 6.07) is 78.0. The molecular weight excluding hydrogens is 725 g/mol. The number of hydrogen-bond donors (Lipinski definition) is 0. The van der Waals surface area contributed by atoms with Crippen LogP contribution in [0.5, 0.6) is 0 Å². The number of fused-ring (bicyclic) bond motifs is 6. The second kappa shape index (κ2) is 14.3. The van der Waals surface area contributed by atoms with Crippen molar-refractivity contribution in [1.82, 2.24) is 0 Å². The van der Waals surface area contributed by atoms with Gasteiger partial charge in [0, 0.05) is 59.4 Å². The van der Waals surface area contributed by atoms with Crippen LogP contribution < -0.4 is 9.80 Å². The lowest BCUT2D eigenvalue weighted by Gasteiger charge is -2.27. The number of anilines is 6. The molecule has 0 bridgehead atoms. The molecule has 0 fully saturated rings. The fourth-order valence-electron chi connectivity index (χ4n) is 8.30. The minimum absolute atomic E-state index is 0.895. The highest BCUT2D eigenvalue weighted by Gasteiger charge is 2.20. The van der Waals surface area contributed by atoms with Gasteiger partial charge in [0.15, 0.2) is 0 Å².